The van der Waals surface area contributed by atoms with E-state index in [1.165, 1.54) is 12.7 Å². The van der Waals surface area contributed by atoms with Crippen LogP contribution >= 0.6 is 0 Å². The van der Waals surface area contributed by atoms with Crippen molar-refractivity contribution in [2.24, 2.45) is 5.92 Å². The van der Waals surface area contributed by atoms with Crippen molar-refractivity contribution in [1.29, 1.82) is 0 Å². The van der Waals surface area contributed by atoms with E-state index < -0.39 is 0 Å². The van der Waals surface area contributed by atoms with Crippen LogP contribution in [0.15, 0.2) is 49.3 Å². The second-order valence-electron chi connectivity index (χ2n) is 7.25. The van der Waals surface area contributed by atoms with E-state index >= 15 is 0 Å². The SMILES string of the molecule is O=C(NCc1nc2ccccc2[nH]1)C1CCN(c2cc(-n3cncn3)ncn2)CC1. The highest BCUT2D eigenvalue weighted by atomic mass is 16.1. The Balaban J connectivity index is 1.16. The van der Waals surface area contributed by atoms with Crippen molar-refractivity contribution in [1.82, 2.24) is 40.0 Å². The molecule has 2 N–H and O–H groups in total. The van der Waals surface area contributed by atoms with Gasteiger partial charge in [-0.25, -0.2) is 24.6 Å². The summed E-state index contributed by atoms with van der Waals surface area (Å²) in [5.74, 6) is 2.33. The zero-order valence-electron chi connectivity index (χ0n) is 16.3. The van der Waals surface area contributed by atoms with Gasteiger partial charge in [-0.05, 0) is 25.0 Å². The first-order valence-corrected chi connectivity index (χ1v) is 9.89. The van der Waals surface area contributed by atoms with Gasteiger partial charge in [0.15, 0.2) is 5.82 Å². The van der Waals surface area contributed by atoms with Gasteiger partial charge in [-0.3, -0.25) is 4.79 Å². The van der Waals surface area contributed by atoms with Crippen LogP contribution in [-0.4, -0.2) is 53.7 Å². The van der Waals surface area contributed by atoms with Gasteiger partial charge in [0.05, 0.1) is 17.6 Å². The molecule has 152 valence electrons. The quantitative estimate of drug-likeness (QED) is 0.518. The number of imidazole rings is 1. The van der Waals surface area contributed by atoms with Gasteiger partial charge < -0.3 is 15.2 Å². The lowest BCUT2D eigenvalue weighted by molar-refractivity contribution is -0.125. The van der Waals surface area contributed by atoms with E-state index in [0.717, 1.165) is 48.6 Å². The Morgan fingerprint density at radius 3 is 2.77 bits per heavy atom. The van der Waals surface area contributed by atoms with Crippen LogP contribution in [0.1, 0.15) is 18.7 Å². The fourth-order valence-corrected chi connectivity index (χ4v) is 3.74. The van der Waals surface area contributed by atoms with Gasteiger partial charge in [0.1, 0.15) is 30.6 Å². The first kappa shape index (κ1) is 18.2. The molecule has 1 aromatic carbocycles. The highest BCUT2D eigenvalue weighted by Crippen LogP contribution is 2.23. The van der Waals surface area contributed by atoms with Crippen molar-refractivity contribution in [3.05, 3.63) is 55.1 Å². The van der Waals surface area contributed by atoms with Crippen molar-refractivity contribution in [2.75, 3.05) is 18.0 Å². The standard InChI is InChI=1S/C20H21N9O/c30-20(22-10-17-26-15-3-1-2-4-16(15)27-17)14-5-7-28(8-6-14)18-9-19(24-12-23-18)29-13-21-11-25-29/h1-4,9,11-14H,5-8,10H2,(H,22,30)(H,26,27). The maximum absolute atomic E-state index is 12.6. The number of H-pyrrole nitrogens is 1. The molecule has 0 atom stereocenters. The molecule has 0 radical (unpaired) electrons. The average molecular weight is 403 g/mol. The van der Waals surface area contributed by atoms with Gasteiger partial charge >= 0.3 is 0 Å². The third-order valence-corrected chi connectivity index (χ3v) is 5.35. The number of fused-ring (bicyclic) bond motifs is 1. The normalized spacial score (nSPS) is 14.9. The molecule has 0 bridgehead atoms. The molecule has 4 aromatic rings. The number of piperidine rings is 1. The number of aromatic nitrogens is 7. The number of hydrogen-bond acceptors (Lipinski definition) is 7. The predicted octanol–water partition coefficient (Wildman–Crippen LogP) is 1.47. The Morgan fingerprint density at radius 2 is 1.97 bits per heavy atom. The zero-order valence-corrected chi connectivity index (χ0v) is 16.3. The molecular formula is C20H21N9O. The molecule has 1 fully saturated rings. The molecule has 0 unspecified atom stereocenters. The maximum atomic E-state index is 12.6. The van der Waals surface area contributed by atoms with E-state index in [-0.39, 0.29) is 11.8 Å². The summed E-state index contributed by atoms with van der Waals surface area (Å²) in [5, 5.41) is 7.12. The topological polar surface area (TPSA) is 118 Å². The van der Waals surface area contributed by atoms with E-state index in [0.29, 0.717) is 12.4 Å². The number of anilines is 1. The molecule has 1 aliphatic rings. The van der Waals surface area contributed by atoms with E-state index in [9.17, 15) is 4.79 Å². The molecule has 10 heteroatoms. The van der Waals surface area contributed by atoms with Crippen LogP contribution in [-0.2, 0) is 11.3 Å². The summed E-state index contributed by atoms with van der Waals surface area (Å²) in [6.45, 7) is 1.92. The minimum absolute atomic E-state index is 0.0118. The summed E-state index contributed by atoms with van der Waals surface area (Å²) in [6, 6.07) is 9.73. The minimum atomic E-state index is -0.0118. The largest absolute Gasteiger partial charge is 0.356 e. The highest BCUT2D eigenvalue weighted by molar-refractivity contribution is 5.79. The average Bonchev–Trinajstić information content (AvgIpc) is 3.47. The second kappa shape index (κ2) is 7.90. The fraction of sp³-hybridized carbons (Fsp3) is 0.300. The number of nitrogens with one attached hydrogen (secondary N) is 2. The van der Waals surface area contributed by atoms with Gasteiger partial charge in [0.25, 0.3) is 0 Å². The number of aromatic amines is 1. The summed E-state index contributed by atoms with van der Waals surface area (Å²) >= 11 is 0. The van der Waals surface area contributed by atoms with Crippen molar-refractivity contribution >= 4 is 22.8 Å². The van der Waals surface area contributed by atoms with Crippen LogP contribution in [0, 0.1) is 5.92 Å². The first-order valence-electron chi connectivity index (χ1n) is 9.89. The molecule has 5 rings (SSSR count). The highest BCUT2D eigenvalue weighted by Gasteiger charge is 2.26. The molecule has 1 saturated heterocycles. The van der Waals surface area contributed by atoms with E-state index in [2.05, 4.69) is 40.2 Å². The van der Waals surface area contributed by atoms with E-state index in [1.807, 2.05) is 30.3 Å². The molecule has 0 saturated carbocycles. The van der Waals surface area contributed by atoms with Crippen molar-refractivity contribution in [3.63, 3.8) is 0 Å². The Kier molecular flexibility index (Phi) is 4.80. The number of benzene rings is 1. The Hall–Kier alpha value is -3.82. The molecule has 30 heavy (non-hydrogen) atoms. The molecule has 10 nitrogen and oxygen atoms in total. The monoisotopic (exact) mass is 403 g/mol. The molecule has 0 spiro atoms. The van der Waals surface area contributed by atoms with Gasteiger partial charge in [0, 0.05) is 25.1 Å². The number of para-hydroxylation sites is 2. The Labute approximate surface area is 172 Å². The molecule has 3 aromatic heterocycles. The lowest BCUT2D eigenvalue weighted by atomic mass is 9.96. The van der Waals surface area contributed by atoms with Gasteiger partial charge in [-0.2, -0.15) is 5.10 Å². The smallest absolute Gasteiger partial charge is 0.223 e. The second-order valence-corrected chi connectivity index (χ2v) is 7.25. The fourth-order valence-electron chi connectivity index (χ4n) is 3.74. The minimum Gasteiger partial charge on any atom is -0.356 e. The van der Waals surface area contributed by atoms with Crippen molar-refractivity contribution < 1.29 is 4.79 Å². The molecule has 4 heterocycles. The van der Waals surface area contributed by atoms with Crippen LogP contribution in [0.25, 0.3) is 16.9 Å². The van der Waals surface area contributed by atoms with Crippen LogP contribution < -0.4 is 10.2 Å². The number of hydrogen-bond donors (Lipinski definition) is 2. The lowest BCUT2D eigenvalue weighted by Gasteiger charge is -2.32. The summed E-state index contributed by atoms with van der Waals surface area (Å²) in [6.07, 6.45) is 6.14. The number of amides is 1. The van der Waals surface area contributed by atoms with Crippen LogP contribution in [0.4, 0.5) is 5.82 Å². The Bertz CT molecular complexity index is 1110. The predicted molar refractivity (Wildman–Crippen MR) is 110 cm³/mol. The summed E-state index contributed by atoms with van der Waals surface area (Å²) in [7, 11) is 0. The van der Waals surface area contributed by atoms with Crippen LogP contribution in [0.3, 0.4) is 0 Å². The van der Waals surface area contributed by atoms with Crippen molar-refractivity contribution in [3.8, 4) is 5.82 Å². The lowest BCUT2D eigenvalue weighted by Crippen LogP contribution is -2.40. The Morgan fingerprint density at radius 1 is 1.13 bits per heavy atom. The van der Waals surface area contributed by atoms with Gasteiger partial charge in [0.2, 0.25) is 5.91 Å². The first-order chi connectivity index (χ1) is 14.8. The van der Waals surface area contributed by atoms with Gasteiger partial charge in [-0.1, -0.05) is 12.1 Å². The summed E-state index contributed by atoms with van der Waals surface area (Å²) < 4.78 is 1.60. The number of carbonyl (C=O) groups excluding carboxylic acids is 1. The summed E-state index contributed by atoms with van der Waals surface area (Å²) in [5.41, 5.74) is 1.88. The third kappa shape index (κ3) is 3.71. The zero-order chi connectivity index (χ0) is 20.3. The maximum Gasteiger partial charge on any atom is 0.223 e. The van der Waals surface area contributed by atoms with E-state index in [4.69, 9.17) is 0 Å². The van der Waals surface area contributed by atoms with Crippen molar-refractivity contribution in [2.45, 2.75) is 19.4 Å². The van der Waals surface area contributed by atoms with Crippen LogP contribution in [0.2, 0.25) is 0 Å². The number of carbonyl (C=O) groups is 1. The molecular weight excluding hydrogens is 382 g/mol. The third-order valence-electron chi connectivity index (χ3n) is 5.35. The molecule has 1 amide bonds. The molecule has 0 aliphatic carbocycles. The number of rotatable bonds is 5. The van der Waals surface area contributed by atoms with Gasteiger partial charge in [-0.15, -0.1) is 0 Å². The van der Waals surface area contributed by atoms with E-state index in [1.54, 1.807) is 11.0 Å². The van der Waals surface area contributed by atoms with Crippen LogP contribution in [0.5, 0.6) is 0 Å². The summed E-state index contributed by atoms with van der Waals surface area (Å²) in [4.78, 5) is 35.1. The number of nitrogens with zero attached hydrogens (tertiary/aromatic N) is 7. The molecule has 1 aliphatic heterocycles.